The first-order valence-corrected chi connectivity index (χ1v) is 7.96. The Morgan fingerprint density at radius 2 is 1.92 bits per heavy atom. The van der Waals surface area contributed by atoms with Crippen molar-refractivity contribution in [1.29, 1.82) is 0 Å². The van der Waals surface area contributed by atoms with Gasteiger partial charge in [-0.25, -0.2) is 0 Å². The highest BCUT2D eigenvalue weighted by molar-refractivity contribution is 5.73. The van der Waals surface area contributed by atoms with E-state index in [1.165, 1.54) is 0 Å². The molecule has 0 radical (unpaired) electrons. The molecule has 0 N–H and O–H groups in total. The van der Waals surface area contributed by atoms with Gasteiger partial charge in [0.2, 0.25) is 0 Å². The van der Waals surface area contributed by atoms with Crippen molar-refractivity contribution in [3.05, 3.63) is 71.4 Å². The van der Waals surface area contributed by atoms with Crippen LogP contribution in [0.25, 0.3) is 11.3 Å². The Morgan fingerprint density at radius 1 is 1.12 bits per heavy atom. The molecular weight excluding hydrogens is 318 g/mol. The SMILES string of the molecule is COc1ccc(C)cc1CC(=O)OCc1cc(-c2ccccc2)on1. The molecule has 0 aliphatic rings. The van der Waals surface area contributed by atoms with Crippen LogP contribution in [0, 0.1) is 6.92 Å². The molecule has 1 aromatic heterocycles. The van der Waals surface area contributed by atoms with E-state index < -0.39 is 0 Å². The van der Waals surface area contributed by atoms with Crippen LogP contribution >= 0.6 is 0 Å². The van der Waals surface area contributed by atoms with Crippen LogP contribution in [0.4, 0.5) is 0 Å². The van der Waals surface area contributed by atoms with Crippen molar-refractivity contribution in [3.63, 3.8) is 0 Å². The molecule has 0 aliphatic carbocycles. The Kier molecular flexibility index (Phi) is 5.14. The van der Waals surface area contributed by atoms with Crippen molar-refractivity contribution in [2.45, 2.75) is 20.0 Å². The Balaban J connectivity index is 1.60. The summed E-state index contributed by atoms with van der Waals surface area (Å²) in [4.78, 5) is 12.1. The lowest BCUT2D eigenvalue weighted by Crippen LogP contribution is -2.09. The lowest BCUT2D eigenvalue weighted by Gasteiger charge is -2.09. The highest BCUT2D eigenvalue weighted by atomic mass is 16.5. The number of hydrogen-bond acceptors (Lipinski definition) is 5. The number of carbonyl (C=O) groups excluding carboxylic acids is 1. The van der Waals surface area contributed by atoms with Gasteiger partial charge in [0.1, 0.15) is 18.1 Å². The molecule has 3 aromatic rings. The molecule has 0 saturated carbocycles. The maximum absolute atomic E-state index is 12.1. The van der Waals surface area contributed by atoms with Gasteiger partial charge in [0, 0.05) is 17.2 Å². The van der Waals surface area contributed by atoms with E-state index in [9.17, 15) is 4.79 Å². The van der Waals surface area contributed by atoms with Gasteiger partial charge in [-0.2, -0.15) is 0 Å². The summed E-state index contributed by atoms with van der Waals surface area (Å²) in [5, 5.41) is 3.94. The van der Waals surface area contributed by atoms with Crippen LogP contribution in [0.5, 0.6) is 5.75 Å². The van der Waals surface area contributed by atoms with Crippen LogP contribution in [0.15, 0.2) is 59.1 Å². The average Bonchev–Trinajstić information content (AvgIpc) is 3.10. The largest absolute Gasteiger partial charge is 0.496 e. The minimum atomic E-state index is -0.340. The van der Waals surface area contributed by atoms with Gasteiger partial charge in [-0.05, 0) is 13.0 Å². The van der Waals surface area contributed by atoms with Crippen molar-refractivity contribution in [2.24, 2.45) is 0 Å². The van der Waals surface area contributed by atoms with E-state index in [-0.39, 0.29) is 19.0 Å². The summed E-state index contributed by atoms with van der Waals surface area (Å²) in [6, 6.07) is 17.1. The average molecular weight is 337 g/mol. The van der Waals surface area contributed by atoms with Gasteiger partial charge in [-0.3, -0.25) is 4.79 Å². The highest BCUT2D eigenvalue weighted by Gasteiger charge is 2.12. The normalized spacial score (nSPS) is 10.5. The zero-order valence-corrected chi connectivity index (χ0v) is 14.2. The van der Waals surface area contributed by atoms with Gasteiger partial charge in [0.15, 0.2) is 5.76 Å². The number of hydrogen-bond donors (Lipinski definition) is 0. The number of rotatable bonds is 6. The van der Waals surface area contributed by atoms with Crippen LogP contribution in [0.3, 0.4) is 0 Å². The van der Waals surface area contributed by atoms with E-state index >= 15 is 0 Å². The third kappa shape index (κ3) is 4.26. The fraction of sp³-hybridized carbons (Fsp3) is 0.200. The maximum atomic E-state index is 12.1. The van der Waals surface area contributed by atoms with Crippen LogP contribution < -0.4 is 4.74 Å². The summed E-state index contributed by atoms with van der Waals surface area (Å²) in [6.45, 7) is 2.04. The Labute approximate surface area is 146 Å². The predicted octanol–water partition coefficient (Wildman–Crippen LogP) is 3.94. The monoisotopic (exact) mass is 337 g/mol. The van der Waals surface area contributed by atoms with Crippen LogP contribution in [-0.2, 0) is 22.6 Å². The molecular formula is C20H19NO4. The van der Waals surface area contributed by atoms with Gasteiger partial charge in [-0.1, -0.05) is 53.2 Å². The highest BCUT2D eigenvalue weighted by Crippen LogP contribution is 2.22. The molecule has 2 aromatic carbocycles. The molecule has 1 heterocycles. The van der Waals surface area contributed by atoms with Crippen LogP contribution in [0.1, 0.15) is 16.8 Å². The first kappa shape index (κ1) is 16.8. The lowest BCUT2D eigenvalue weighted by atomic mass is 10.1. The molecule has 0 fully saturated rings. The van der Waals surface area contributed by atoms with Crippen molar-refractivity contribution < 1.29 is 18.8 Å². The van der Waals surface area contributed by atoms with E-state index in [0.29, 0.717) is 17.2 Å². The summed E-state index contributed by atoms with van der Waals surface area (Å²) in [5.41, 5.74) is 3.37. The van der Waals surface area contributed by atoms with Gasteiger partial charge >= 0.3 is 5.97 Å². The second-order valence-corrected chi connectivity index (χ2v) is 5.70. The molecule has 3 rings (SSSR count). The van der Waals surface area contributed by atoms with Crippen molar-refractivity contribution >= 4 is 5.97 Å². The molecule has 25 heavy (non-hydrogen) atoms. The van der Waals surface area contributed by atoms with Crippen molar-refractivity contribution in [2.75, 3.05) is 7.11 Å². The fourth-order valence-corrected chi connectivity index (χ4v) is 2.52. The number of nitrogens with zero attached hydrogens (tertiary/aromatic N) is 1. The maximum Gasteiger partial charge on any atom is 0.310 e. The molecule has 0 saturated heterocycles. The zero-order chi connectivity index (χ0) is 17.6. The summed E-state index contributed by atoms with van der Waals surface area (Å²) in [5.74, 6) is 0.982. The van der Waals surface area contributed by atoms with E-state index in [2.05, 4.69) is 5.16 Å². The van der Waals surface area contributed by atoms with E-state index in [1.54, 1.807) is 13.2 Å². The molecule has 0 spiro atoms. The number of carbonyl (C=O) groups is 1. The summed E-state index contributed by atoms with van der Waals surface area (Å²) in [6.07, 6.45) is 0.147. The fourth-order valence-electron chi connectivity index (χ4n) is 2.52. The molecule has 0 atom stereocenters. The minimum Gasteiger partial charge on any atom is -0.496 e. The molecule has 128 valence electrons. The van der Waals surface area contributed by atoms with E-state index in [4.69, 9.17) is 14.0 Å². The second-order valence-electron chi connectivity index (χ2n) is 5.70. The number of esters is 1. The van der Waals surface area contributed by atoms with Crippen LogP contribution in [0.2, 0.25) is 0 Å². The Hall–Kier alpha value is -3.08. The summed E-state index contributed by atoms with van der Waals surface area (Å²) in [7, 11) is 1.58. The smallest absolute Gasteiger partial charge is 0.310 e. The molecule has 0 bridgehead atoms. The number of benzene rings is 2. The van der Waals surface area contributed by atoms with Crippen molar-refractivity contribution in [3.8, 4) is 17.1 Å². The summed E-state index contributed by atoms with van der Waals surface area (Å²) >= 11 is 0. The minimum absolute atomic E-state index is 0.0727. The number of aryl methyl sites for hydroxylation is 1. The second kappa shape index (κ2) is 7.66. The van der Waals surface area contributed by atoms with Gasteiger partial charge < -0.3 is 14.0 Å². The Morgan fingerprint density at radius 3 is 2.68 bits per heavy atom. The predicted molar refractivity (Wildman–Crippen MR) is 93.2 cm³/mol. The molecule has 0 aliphatic heterocycles. The number of ether oxygens (including phenoxy) is 2. The molecule has 0 unspecified atom stereocenters. The third-order valence-electron chi connectivity index (χ3n) is 3.77. The van der Waals surface area contributed by atoms with E-state index in [0.717, 1.165) is 16.7 Å². The standard InChI is InChI=1S/C20H19NO4/c1-14-8-9-18(23-2)16(10-14)11-20(22)24-13-17-12-19(25-21-17)15-6-4-3-5-7-15/h3-10,12H,11,13H2,1-2H3. The Bertz CT molecular complexity index is 855. The van der Waals surface area contributed by atoms with Gasteiger partial charge in [0.25, 0.3) is 0 Å². The third-order valence-corrected chi connectivity index (χ3v) is 3.77. The lowest BCUT2D eigenvalue weighted by molar-refractivity contribution is -0.144. The number of methoxy groups -OCH3 is 1. The first-order valence-electron chi connectivity index (χ1n) is 7.96. The zero-order valence-electron chi connectivity index (χ0n) is 14.2. The van der Waals surface area contributed by atoms with Crippen molar-refractivity contribution in [1.82, 2.24) is 5.16 Å². The molecule has 5 nitrogen and oxygen atoms in total. The molecule has 0 amide bonds. The topological polar surface area (TPSA) is 61.6 Å². The summed E-state index contributed by atoms with van der Waals surface area (Å²) < 4.78 is 15.9. The van der Waals surface area contributed by atoms with E-state index in [1.807, 2.05) is 55.5 Å². The first-order chi connectivity index (χ1) is 12.2. The van der Waals surface area contributed by atoms with Gasteiger partial charge in [0.05, 0.1) is 13.5 Å². The molecule has 5 heteroatoms. The van der Waals surface area contributed by atoms with Gasteiger partial charge in [-0.15, -0.1) is 0 Å². The van der Waals surface area contributed by atoms with Crippen LogP contribution in [-0.4, -0.2) is 18.2 Å². The quantitative estimate of drug-likeness (QED) is 0.638. The number of aromatic nitrogens is 1.